The molecule has 2 aromatic carbocycles. The van der Waals surface area contributed by atoms with Crippen molar-refractivity contribution in [2.75, 3.05) is 24.2 Å². The summed E-state index contributed by atoms with van der Waals surface area (Å²) in [5.41, 5.74) is 3.40. The van der Waals surface area contributed by atoms with E-state index < -0.39 is 16.1 Å². The summed E-state index contributed by atoms with van der Waals surface area (Å²) in [5, 5.41) is 3.15. The minimum atomic E-state index is -3.54. The average Bonchev–Trinajstić information content (AvgIpc) is 3.38. The number of carbonyl (C=O) groups is 2. The van der Waals surface area contributed by atoms with Crippen molar-refractivity contribution in [3.05, 3.63) is 59.2 Å². The molecule has 214 valence electrons. The molecule has 39 heavy (non-hydrogen) atoms. The van der Waals surface area contributed by atoms with Crippen LogP contribution in [0.3, 0.4) is 0 Å². The fourth-order valence-electron chi connectivity index (χ4n) is 5.35. The van der Waals surface area contributed by atoms with E-state index in [0.29, 0.717) is 24.3 Å². The van der Waals surface area contributed by atoms with Crippen LogP contribution in [0, 0.1) is 13.8 Å². The van der Waals surface area contributed by atoms with Gasteiger partial charge in [0.2, 0.25) is 21.8 Å². The monoisotopic (exact) mass is 557 g/mol. The first-order valence-corrected chi connectivity index (χ1v) is 15.7. The van der Waals surface area contributed by atoms with Crippen LogP contribution in [0.25, 0.3) is 0 Å². The first-order valence-electron chi connectivity index (χ1n) is 13.8. The molecule has 1 atom stereocenters. The molecule has 0 aliphatic heterocycles. The van der Waals surface area contributed by atoms with Crippen LogP contribution >= 0.6 is 0 Å². The fourth-order valence-corrected chi connectivity index (χ4v) is 6.30. The highest BCUT2D eigenvalue weighted by atomic mass is 32.2. The molecule has 3 rings (SSSR count). The molecule has 1 saturated carbocycles. The normalized spacial score (nSPS) is 14.6. The van der Waals surface area contributed by atoms with Crippen LogP contribution in [0.5, 0.6) is 5.75 Å². The van der Waals surface area contributed by atoms with Crippen LogP contribution in [0.4, 0.5) is 5.69 Å². The Hall–Kier alpha value is -3.07. The van der Waals surface area contributed by atoms with E-state index in [-0.39, 0.29) is 37.4 Å². The summed E-state index contributed by atoms with van der Waals surface area (Å²) in [5.74, 6) is 0.370. The molecule has 2 amide bonds. The number of carbonyl (C=O) groups excluding carboxylic acids is 2. The van der Waals surface area contributed by atoms with Gasteiger partial charge in [0.1, 0.15) is 11.8 Å². The lowest BCUT2D eigenvalue weighted by atomic mass is 10.1. The fraction of sp³-hybridized carbons (Fsp3) is 0.533. The number of benzene rings is 2. The largest absolute Gasteiger partial charge is 0.497 e. The molecule has 1 fully saturated rings. The van der Waals surface area contributed by atoms with Crippen LogP contribution in [0.15, 0.2) is 42.5 Å². The standard InChI is InChI=1S/C30H43N3O5S/c1-6-28(30(35)31-25-12-7-8-13-25)32(21-24-11-9-14-27(20-24)38-4)29(34)15-10-16-33(39(5,36)37)26-18-22(2)17-23(3)19-26/h9,11,14,17-20,25,28H,6-8,10,12-13,15-16,21H2,1-5H3,(H,31,35). The first kappa shape index (κ1) is 30.5. The summed E-state index contributed by atoms with van der Waals surface area (Å²) < 4.78 is 32.0. The lowest BCUT2D eigenvalue weighted by Gasteiger charge is -2.32. The maximum absolute atomic E-state index is 13.7. The number of ether oxygens (including phenoxy) is 1. The highest BCUT2D eigenvalue weighted by Crippen LogP contribution is 2.24. The third-order valence-corrected chi connectivity index (χ3v) is 8.42. The number of hydrogen-bond acceptors (Lipinski definition) is 5. The third-order valence-electron chi connectivity index (χ3n) is 7.22. The maximum atomic E-state index is 13.7. The van der Waals surface area contributed by atoms with Crippen LogP contribution in [0.2, 0.25) is 0 Å². The van der Waals surface area contributed by atoms with Gasteiger partial charge < -0.3 is 15.0 Å². The van der Waals surface area contributed by atoms with Crippen LogP contribution < -0.4 is 14.4 Å². The highest BCUT2D eigenvalue weighted by molar-refractivity contribution is 7.92. The van der Waals surface area contributed by atoms with Crippen molar-refractivity contribution in [1.29, 1.82) is 0 Å². The Morgan fingerprint density at radius 3 is 2.33 bits per heavy atom. The smallest absolute Gasteiger partial charge is 0.243 e. The number of anilines is 1. The van der Waals surface area contributed by atoms with Gasteiger partial charge in [0.05, 0.1) is 19.1 Å². The van der Waals surface area contributed by atoms with E-state index in [1.165, 1.54) is 10.6 Å². The van der Waals surface area contributed by atoms with E-state index in [0.717, 1.165) is 42.4 Å². The van der Waals surface area contributed by atoms with Crippen molar-refractivity contribution in [3.63, 3.8) is 0 Å². The van der Waals surface area contributed by atoms with Crippen molar-refractivity contribution in [2.24, 2.45) is 0 Å². The molecule has 0 radical (unpaired) electrons. The van der Waals surface area contributed by atoms with Crippen molar-refractivity contribution >= 4 is 27.5 Å². The molecule has 2 aromatic rings. The Balaban J connectivity index is 1.79. The Labute approximate surface area is 233 Å². The second kappa shape index (κ2) is 13.8. The van der Waals surface area contributed by atoms with Gasteiger partial charge in [-0.25, -0.2) is 8.42 Å². The van der Waals surface area contributed by atoms with Gasteiger partial charge in [-0.15, -0.1) is 0 Å². The summed E-state index contributed by atoms with van der Waals surface area (Å²) in [6.07, 6.45) is 6.24. The van der Waals surface area contributed by atoms with Gasteiger partial charge in [-0.3, -0.25) is 13.9 Å². The molecule has 0 bridgehead atoms. The molecule has 0 saturated heterocycles. The molecule has 0 heterocycles. The third kappa shape index (κ3) is 8.71. The van der Waals surface area contributed by atoms with E-state index in [4.69, 9.17) is 4.74 Å². The van der Waals surface area contributed by atoms with Crippen LogP contribution in [0.1, 0.15) is 68.6 Å². The number of rotatable bonds is 13. The molecular weight excluding hydrogens is 514 g/mol. The summed E-state index contributed by atoms with van der Waals surface area (Å²) in [7, 11) is -1.95. The van der Waals surface area contributed by atoms with Crippen molar-refractivity contribution < 1.29 is 22.7 Å². The van der Waals surface area contributed by atoms with Gasteiger partial charge in [0, 0.05) is 25.6 Å². The number of nitrogens with zero attached hydrogens (tertiary/aromatic N) is 2. The minimum Gasteiger partial charge on any atom is -0.497 e. The lowest BCUT2D eigenvalue weighted by molar-refractivity contribution is -0.141. The van der Waals surface area contributed by atoms with E-state index >= 15 is 0 Å². The minimum absolute atomic E-state index is 0.119. The topological polar surface area (TPSA) is 96.0 Å². The summed E-state index contributed by atoms with van der Waals surface area (Å²) in [6, 6.07) is 12.7. The number of nitrogens with one attached hydrogen (secondary N) is 1. The first-order chi connectivity index (χ1) is 18.5. The number of sulfonamides is 1. The highest BCUT2D eigenvalue weighted by Gasteiger charge is 2.31. The van der Waals surface area contributed by atoms with Crippen LogP contribution in [-0.2, 0) is 26.2 Å². The van der Waals surface area contributed by atoms with Gasteiger partial charge in [0.25, 0.3) is 0 Å². The van der Waals surface area contributed by atoms with Gasteiger partial charge >= 0.3 is 0 Å². The molecule has 1 aliphatic carbocycles. The zero-order valence-electron chi connectivity index (χ0n) is 23.9. The molecule has 0 aromatic heterocycles. The molecule has 9 heteroatoms. The molecule has 1 aliphatic rings. The van der Waals surface area contributed by atoms with Gasteiger partial charge in [0.15, 0.2) is 0 Å². The Morgan fingerprint density at radius 1 is 1.08 bits per heavy atom. The number of hydrogen-bond donors (Lipinski definition) is 1. The Bertz CT molecular complexity index is 1220. The Kier molecular flexibility index (Phi) is 10.8. The van der Waals surface area contributed by atoms with E-state index in [2.05, 4.69) is 5.32 Å². The summed E-state index contributed by atoms with van der Waals surface area (Å²) in [4.78, 5) is 28.6. The molecule has 8 nitrogen and oxygen atoms in total. The SMILES string of the molecule is CCC(C(=O)NC1CCCC1)N(Cc1cccc(OC)c1)C(=O)CCCN(c1cc(C)cc(C)c1)S(C)(=O)=O. The zero-order chi connectivity index (χ0) is 28.6. The van der Waals surface area contributed by atoms with Gasteiger partial charge in [-0.2, -0.15) is 0 Å². The van der Waals surface area contributed by atoms with Crippen molar-refractivity contribution in [2.45, 2.75) is 84.3 Å². The van der Waals surface area contributed by atoms with E-state index in [9.17, 15) is 18.0 Å². The number of methoxy groups -OCH3 is 1. The van der Waals surface area contributed by atoms with Crippen molar-refractivity contribution in [1.82, 2.24) is 10.2 Å². The molecule has 1 unspecified atom stereocenters. The van der Waals surface area contributed by atoms with Crippen LogP contribution in [-0.4, -0.2) is 57.1 Å². The second-order valence-electron chi connectivity index (χ2n) is 10.6. The zero-order valence-corrected chi connectivity index (χ0v) is 24.7. The maximum Gasteiger partial charge on any atom is 0.243 e. The van der Waals surface area contributed by atoms with Gasteiger partial charge in [-0.1, -0.05) is 38.0 Å². The summed E-state index contributed by atoms with van der Waals surface area (Å²) in [6.45, 7) is 6.21. The van der Waals surface area contributed by atoms with Crippen molar-refractivity contribution in [3.8, 4) is 5.75 Å². The second-order valence-corrected chi connectivity index (χ2v) is 12.5. The molecule has 1 N–H and O–H groups in total. The lowest BCUT2D eigenvalue weighted by Crippen LogP contribution is -2.51. The predicted molar refractivity (Wildman–Crippen MR) is 155 cm³/mol. The van der Waals surface area contributed by atoms with Gasteiger partial charge in [-0.05, 0) is 80.5 Å². The summed E-state index contributed by atoms with van der Waals surface area (Å²) >= 11 is 0. The molecule has 0 spiro atoms. The van der Waals surface area contributed by atoms with E-state index in [1.54, 1.807) is 12.0 Å². The molecular formula is C30H43N3O5S. The average molecular weight is 558 g/mol. The number of aryl methyl sites for hydroxylation is 2. The number of amides is 2. The Morgan fingerprint density at radius 2 is 1.74 bits per heavy atom. The quantitative estimate of drug-likeness (QED) is 0.384. The predicted octanol–water partition coefficient (Wildman–Crippen LogP) is 4.72. The van der Waals surface area contributed by atoms with E-state index in [1.807, 2.05) is 63.2 Å².